The summed E-state index contributed by atoms with van der Waals surface area (Å²) in [6, 6.07) is 18.6. The first-order valence-corrected chi connectivity index (χ1v) is 10.4. The lowest BCUT2D eigenvalue weighted by Crippen LogP contribution is -2.33. The number of ether oxygens (including phenoxy) is 1. The van der Waals surface area contributed by atoms with E-state index in [9.17, 15) is 14.4 Å². The van der Waals surface area contributed by atoms with Gasteiger partial charge in [0.1, 0.15) is 5.70 Å². The second-order valence-corrected chi connectivity index (χ2v) is 7.45. The van der Waals surface area contributed by atoms with E-state index in [1.807, 2.05) is 41.8 Å². The van der Waals surface area contributed by atoms with Gasteiger partial charge in [0.2, 0.25) is 5.91 Å². The molecule has 7 nitrogen and oxygen atoms in total. The molecule has 1 atom stereocenters. The van der Waals surface area contributed by atoms with Gasteiger partial charge in [-0.05, 0) is 18.6 Å². The standard InChI is InChI=1S/C23H21N3O4S/c1-15(21(28)26-23-25-20(14-31-23)18-11-7-4-8-12-18)30-22(29)19(24-16(2)27)13-17-9-5-3-6-10-17/h3-15H,1-2H3,(H,24,27)(H,25,26,28)/b19-13-/t15-/m0/s1. The Morgan fingerprint density at radius 1 is 1.03 bits per heavy atom. The van der Waals surface area contributed by atoms with Crippen molar-refractivity contribution in [1.29, 1.82) is 0 Å². The Morgan fingerprint density at radius 3 is 2.32 bits per heavy atom. The van der Waals surface area contributed by atoms with E-state index in [2.05, 4.69) is 15.6 Å². The van der Waals surface area contributed by atoms with Gasteiger partial charge in [-0.1, -0.05) is 60.7 Å². The molecule has 2 N–H and O–H groups in total. The molecule has 0 saturated heterocycles. The van der Waals surface area contributed by atoms with Gasteiger partial charge >= 0.3 is 5.97 Å². The zero-order valence-electron chi connectivity index (χ0n) is 17.0. The van der Waals surface area contributed by atoms with E-state index in [0.29, 0.717) is 10.7 Å². The highest BCUT2D eigenvalue weighted by atomic mass is 32.1. The minimum atomic E-state index is -1.09. The number of carbonyl (C=O) groups is 3. The molecule has 0 unspecified atom stereocenters. The maximum absolute atomic E-state index is 12.5. The summed E-state index contributed by atoms with van der Waals surface area (Å²) in [5.41, 5.74) is 2.32. The third kappa shape index (κ3) is 6.35. The molecule has 8 heteroatoms. The highest BCUT2D eigenvalue weighted by Gasteiger charge is 2.22. The predicted molar refractivity (Wildman–Crippen MR) is 120 cm³/mol. The van der Waals surface area contributed by atoms with Crippen molar-refractivity contribution in [2.45, 2.75) is 20.0 Å². The molecule has 2 amide bonds. The third-order valence-corrected chi connectivity index (χ3v) is 4.86. The summed E-state index contributed by atoms with van der Waals surface area (Å²) in [5.74, 6) is -1.76. The summed E-state index contributed by atoms with van der Waals surface area (Å²) in [4.78, 5) is 40.9. The molecule has 1 heterocycles. The topological polar surface area (TPSA) is 97.4 Å². The molecule has 3 rings (SSSR count). The SMILES string of the molecule is CC(=O)N/C(=C\c1ccccc1)C(=O)O[C@@H](C)C(=O)Nc1nc(-c2ccccc2)cs1. The fraction of sp³-hybridized carbons (Fsp3) is 0.130. The summed E-state index contributed by atoms with van der Waals surface area (Å²) < 4.78 is 5.25. The third-order valence-electron chi connectivity index (χ3n) is 4.10. The van der Waals surface area contributed by atoms with E-state index in [0.717, 1.165) is 11.3 Å². The highest BCUT2D eigenvalue weighted by Crippen LogP contribution is 2.24. The molecule has 0 bridgehead atoms. The molecule has 0 fully saturated rings. The Hall–Kier alpha value is -3.78. The summed E-state index contributed by atoms with van der Waals surface area (Å²) >= 11 is 1.27. The van der Waals surface area contributed by atoms with Crippen molar-refractivity contribution in [3.8, 4) is 11.3 Å². The molecule has 158 valence electrons. The molecular formula is C23H21N3O4S. The van der Waals surface area contributed by atoms with Gasteiger partial charge in [-0.2, -0.15) is 0 Å². The van der Waals surface area contributed by atoms with Crippen molar-refractivity contribution in [3.05, 3.63) is 77.3 Å². The zero-order valence-corrected chi connectivity index (χ0v) is 17.8. The normalized spacial score (nSPS) is 12.0. The van der Waals surface area contributed by atoms with Gasteiger partial charge in [-0.3, -0.25) is 14.9 Å². The minimum Gasteiger partial charge on any atom is -0.448 e. The smallest absolute Gasteiger partial charge is 0.355 e. The Kier molecular flexibility index (Phi) is 7.29. The number of hydrogen-bond donors (Lipinski definition) is 2. The van der Waals surface area contributed by atoms with Crippen LogP contribution in [0, 0.1) is 0 Å². The highest BCUT2D eigenvalue weighted by molar-refractivity contribution is 7.14. The molecule has 0 saturated carbocycles. The fourth-order valence-electron chi connectivity index (χ4n) is 2.61. The van der Waals surface area contributed by atoms with Crippen LogP contribution in [-0.4, -0.2) is 28.9 Å². The second-order valence-electron chi connectivity index (χ2n) is 6.59. The number of anilines is 1. The molecule has 3 aromatic rings. The van der Waals surface area contributed by atoms with E-state index in [1.54, 1.807) is 24.3 Å². The quantitative estimate of drug-likeness (QED) is 0.434. The predicted octanol–water partition coefficient (Wildman–Crippen LogP) is 3.86. The summed E-state index contributed by atoms with van der Waals surface area (Å²) in [5, 5.41) is 7.33. The Bertz CT molecular complexity index is 1090. The van der Waals surface area contributed by atoms with E-state index >= 15 is 0 Å². The number of aromatic nitrogens is 1. The lowest BCUT2D eigenvalue weighted by Gasteiger charge is -2.14. The van der Waals surface area contributed by atoms with Gasteiger partial charge in [0, 0.05) is 17.9 Å². The summed E-state index contributed by atoms with van der Waals surface area (Å²) in [6.07, 6.45) is 0.394. The largest absolute Gasteiger partial charge is 0.448 e. The van der Waals surface area contributed by atoms with Gasteiger partial charge in [-0.15, -0.1) is 11.3 Å². The zero-order chi connectivity index (χ0) is 22.2. The van der Waals surface area contributed by atoms with Gasteiger partial charge in [-0.25, -0.2) is 9.78 Å². The number of benzene rings is 2. The minimum absolute atomic E-state index is 0.0565. The van der Waals surface area contributed by atoms with E-state index in [-0.39, 0.29) is 5.70 Å². The molecule has 0 aliphatic rings. The Balaban J connectivity index is 1.65. The molecule has 2 aromatic carbocycles. The Morgan fingerprint density at radius 2 is 1.68 bits per heavy atom. The molecule has 0 aliphatic carbocycles. The number of amides is 2. The average Bonchev–Trinajstić information content (AvgIpc) is 3.22. The number of nitrogens with zero attached hydrogens (tertiary/aromatic N) is 1. The van der Waals surface area contributed by atoms with Gasteiger partial charge in [0.15, 0.2) is 11.2 Å². The first-order valence-electron chi connectivity index (χ1n) is 9.49. The molecule has 31 heavy (non-hydrogen) atoms. The van der Waals surface area contributed by atoms with Crippen LogP contribution in [0.15, 0.2) is 71.7 Å². The number of nitrogens with one attached hydrogen (secondary N) is 2. The van der Waals surface area contributed by atoms with Crippen molar-refractivity contribution in [1.82, 2.24) is 10.3 Å². The maximum atomic E-state index is 12.5. The lowest BCUT2D eigenvalue weighted by atomic mass is 10.2. The van der Waals surface area contributed by atoms with Crippen molar-refractivity contribution in [2.24, 2.45) is 0 Å². The van der Waals surface area contributed by atoms with E-state index in [4.69, 9.17) is 4.74 Å². The van der Waals surface area contributed by atoms with Crippen molar-refractivity contribution >= 4 is 40.3 Å². The molecular weight excluding hydrogens is 414 g/mol. The fourth-order valence-corrected chi connectivity index (χ4v) is 3.33. The first-order chi connectivity index (χ1) is 14.9. The van der Waals surface area contributed by atoms with Gasteiger partial charge < -0.3 is 10.1 Å². The van der Waals surface area contributed by atoms with E-state index in [1.165, 1.54) is 31.3 Å². The number of thiazole rings is 1. The lowest BCUT2D eigenvalue weighted by molar-refractivity contribution is -0.149. The summed E-state index contributed by atoms with van der Waals surface area (Å²) in [7, 11) is 0. The van der Waals surface area contributed by atoms with Gasteiger partial charge in [0.05, 0.1) is 5.69 Å². The van der Waals surface area contributed by atoms with Crippen LogP contribution < -0.4 is 10.6 Å². The number of esters is 1. The number of hydrogen-bond acceptors (Lipinski definition) is 6. The number of rotatable bonds is 7. The Labute approximate surface area is 183 Å². The first kappa shape index (κ1) is 21.9. The number of carbonyl (C=O) groups excluding carboxylic acids is 3. The maximum Gasteiger partial charge on any atom is 0.355 e. The van der Waals surface area contributed by atoms with Crippen LogP contribution in [-0.2, 0) is 19.1 Å². The monoisotopic (exact) mass is 435 g/mol. The average molecular weight is 436 g/mol. The molecule has 1 aromatic heterocycles. The van der Waals surface area contributed by atoms with Crippen molar-refractivity contribution < 1.29 is 19.1 Å². The van der Waals surface area contributed by atoms with Crippen molar-refractivity contribution in [2.75, 3.05) is 5.32 Å². The van der Waals surface area contributed by atoms with Crippen LogP contribution in [0.5, 0.6) is 0 Å². The van der Waals surface area contributed by atoms with E-state index < -0.39 is 23.9 Å². The van der Waals surface area contributed by atoms with Crippen LogP contribution in [0.4, 0.5) is 5.13 Å². The van der Waals surface area contributed by atoms with Crippen LogP contribution in [0.3, 0.4) is 0 Å². The van der Waals surface area contributed by atoms with Crippen LogP contribution in [0.1, 0.15) is 19.4 Å². The molecule has 0 spiro atoms. The van der Waals surface area contributed by atoms with Crippen LogP contribution in [0.25, 0.3) is 17.3 Å². The second kappa shape index (κ2) is 10.3. The van der Waals surface area contributed by atoms with Gasteiger partial charge in [0.25, 0.3) is 5.91 Å². The molecule has 0 aliphatic heterocycles. The van der Waals surface area contributed by atoms with Crippen molar-refractivity contribution in [3.63, 3.8) is 0 Å². The summed E-state index contributed by atoms with van der Waals surface area (Å²) in [6.45, 7) is 2.74. The molecule has 0 radical (unpaired) electrons. The van der Waals surface area contributed by atoms with Crippen LogP contribution >= 0.6 is 11.3 Å². The van der Waals surface area contributed by atoms with Crippen LogP contribution in [0.2, 0.25) is 0 Å².